The lowest BCUT2D eigenvalue weighted by Crippen LogP contribution is -2.39. The summed E-state index contributed by atoms with van der Waals surface area (Å²) in [6.07, 6.45) is 0. The van der Waals surface area contributed by atoms with Gasteiger partial charge >= 0.3 is 0 Å². The Bertz CT molecular complexity index is 351. The third-order valence-corrected chi connectivity index (χ3v) is 3.20. The molecule has 1 heterocycles. The Balaban J connectivity index is 2.64. The predicted molar refractivity (Wildman–Crippen MR) is 58.8 cm³/mol. The highest BCUT2D eigenvalue weighted by atomic mass is 79.9. The molecule has 0 fully saturated rings. The van der Waals surface area contributed by atoms with Crippen molar-refractivity contribution in [3.63, 3.8) is 0 Å². The summed E-state index contributed by atoms with van der Waals surface area (Å²) in [5.41, 5.74) is 6.90. The van der Waals surface area contributed by atoms with Crippen LogP contribution in [0.4, 0.5) is 11.4 Å². The Morgan fingerprint density at radius 1 is 1.23 bits per heavy atom. The van der Waals surface area contributed by atoms with E-state index in [1.54, 1.807) is 0 Å². The molecule has 3 nitrogen and oxygen atoms in total. The number of halogens is 1. The van der Waals surface area contributed by atoms with E-state index in [0.717, 1.165) is 4.47 Å². The van der Waals surface area contributed by atoms with Crippen LogP contribution in [0.25, 0.3) is 0 Å². The number of nitrogens with zero attached hydrogens (tertiary/aromatic N) is 2. The third-order valence-electron chi connectivity index (χ3n) is 2.34. The van der Waals surface area contributed by atoms with E-state index in [1.807, 2.05) is 24.1 Å². The molecule has 1 aromatic rings. The molecule has 2 rings (SSSR count). The molecule has 13 heavy (non-hydrogen) atoms. The molecule has 0 bridgehead atoms. The highest BCUT2D eigenvalue weighted by molar-refractivity contribution is 9.10. The maximum atomic E-state index is 3.52. The van der Waals surface area contributed by atoms with Gasteiger partial charge in [-0.1, -0.05) is 15.9 Å². The minimum atomic E-state index is 1.15. The quantitative estimate of drug-likeness (QED) is 0.751. The fourth-order valence-corrected chi connectivity index (χ4v) is 2.00. The molecule has 1 aliphatic heterocycles. The molecular weight excluding hydrogens is 230 g/mol. The Hall–Kier alpha value is -0.740. The maximum Gasteiger partial charge on any atom is 0.0822 e. The van der Waals surface area contributed by atoms with Crippen molar-refractivity contribution >= 4 is 27.3 Å². The SMILES string of the molecule is Cc1c(Br)ccc2c1N(C)NN2C. The van der Waals surface area contributed by atoms with Gasteiger partial charge in [-0.15, -0.1) is 5.53 Å². The van der Waals surface area contributed by atoms with Gasteiger partial charge in [0, 0.05) is 18.6 Å². The van der Waals surface area contributed by atoms with Gasteiger partial charge in [-0.3, -0.25) is 10.0 Å². The third kappa shape index (κ3) is 1.21. The normalized spacial score (nSPS) is 15.1. The van der Waals surface area contributed by atoms with Gasteiger partial charge in [0.15, 0.2) is 0 Å². The average Bonchev–Trinajstić information content (AvgIpc) is 2.35. The molecule has 0 aromatic heterocycles. The monoisotopic (exact) mass is 241 g/mol. The average molecular weight is 242 g/mol. The Labute approximate surface area is 86.4 Å². The van der Waals surface area contributed by atoms with Crippen molar-refractivity contribution in [2.24, 2.45) is 0 Å². The van der Waals surface area contributed by atoms with Crippen LogP contribution in [0.5, 0.6) is 0 Å². The first kappa shape index (κ1) is 8.84. The first-order chi connectivity index (χ1) is 6.11. The largest absolute Gasteiger partial charge is 0.292 e. The number of hydrogen-bond donors (Lipinski definition) is 1. The topological polar surface area (TPSA) is 18.5 Å². The molecule has 1 N–H and O–H groups in total. The van der Waals surface area contributed by atoms with E-state index in [2.05, 4.69) is 40.5 Å². The maximum absolute atomic E-state index is 3.52. The second kappa shape index (κ2) is 2.89. The fourth-order valence-electron chi connectivity index (χ4n) is 1.68. The van der Waals surface area contributed by atoms with Crippen LogP contribution in [0.3, 0.4) is 0 Å². The van der Waals surface area contributed by atoms with Crippen LogP contribution in [-0.2, 0) is 0 Å². The number of benzene rings is 1. The predicted octanol–water partition coefficient (Wildman–Crippen LogP) is 2.06. The van der Waals surface area contributed by atoms with E-state index in [9.17, 15) is 0 Å². The summed E-state index contributed by atoms with van der Waals surface area (Å²) in [5.74, 6) is 0. The highest BCUT2D eigenvalue weighted by Gasteiger charge is 2.22. The van der Waals surface area contributed by atoms with Crippen molar-refractivity contribution in [1.29, 1.82) is 0 Å². The van der Waals surface area contributed by atoms with E-state index in [1.165, 1.54) is 16.9 Å². The Kier molecular flexibility index (Phi) is 1.96. The van der Waals surface area contributed by atoms with Gasteiger partial charge in [0.25, 0.3) is 0 Å². The van der Waals surface area contributed by atoms with Crippen LogP contribution >= 0.6 is 15.9 Å². The molecule has 0 spiro atoms. The summed E-state index contributed by atoms with van der Waals surface area (Å²) < 4.78 is 1.15. The fraction of sp³-hybridized carbons (Fsp3) is 0.333. The smallest absolute Gasteiger partial charge is 0.0822 e. The number of fused-ring (bicyclic) bond motifs is 1. The van der Waals surface area contributed by atoms with Crippen molar-refractivity contribution < 1.29 is 0 Å². The molecule has 0 saturated carbocycles. The Morgan fingerprint density at radius 3 is 2.62 bits per heavy atom. The van der Waals surface area contributed by atoms with Gasteiger partial charge in [-0.25, -0.2) is 0 Å². The molecule has 0 unspecified atom stereocenters. The van der Waals surface area contributed by atoms with Gasteiger partial charge in [0.1, 0.15) is 0 Å². The molecule has 0 saturated heterocycles. The zero-order valence-corrected chi connectivity index (χ0v) is 9.51. The molecule has 0 aliphatic carbocycles. The number of nitrogens with one attached hydrogen (secondary N) is 1. The van der Waals surface area contributed by atoms with Crippen LogP contribution in [0.1, 0.15) is 5.56 Å². The second-order valence-electron chi connectivity index (χ2n) is 3.26. The first-order valence-corrected chi connectivity index (χ1v) is 4.93. The van der Waals surface area contributed by atoms with Crippen LogP contribution in [0.15, 0.2) is 16.6 Å². The summed E-state index contributed by atoms with van der Waals surface area (Å²) in [7, 11) is 4.03. The lowest BCUT2D eigenvalue weighted by Gasteiger charge is -2.14. The van der Waals surface area contributed by atoms with Crippen molar-refractivity contribution in [1.82, 2.24) is 5.53 Å². The summed E-state index contributed by atoms with van der Waals surface area (Å²) in [6.45, 7) is 2.11. The second-order valence-corrected chi connectivity index (χ2v) is 4.11. The van der Waals surface area contributed by atoms with Crippen LogP contribution in [0.2, 0.25) is 0 Å². The molecular formula is C9H12BrN3. The zero-order valence-electron chi connectivity index (χ0n) is 7.93. The van der Waals surface area contributed by atoms with Crippen molar-refractivity contribution in [2.75, 3.05) is 24.1 Å². The standard InChI is InChI=1S/C9H12BrN3/c1-6-7(10)4-5-8-9(6)13(3)11-12(8)2/h4-5,11H,1-3H3. The van der Waals surface area contributed by atoms with Crippen LogP contribution < -0.4 is 15.6 Å². The molecule has 1 aliphatic rings. The van der Waals surface area contributed by atoms with Crippen molar-refractivity contribution in [3.8, 4) is 0 Å². The van der Waals surface area contributed by atoms with Crippen molar-refractivity contribution in [3.05, 3.63) is 22.2 Å². The summed E-state index contributed by atoms with van der Waals surface area (Å²) in [5, 5.41) is 4.03. The minimum absolute atomic E-state index is 1.15. The number of hydrogen-bond acceptors (Lipinski definition) is 3. The van der Waals surface area contributed by atoms with Gasteiger partial charge in [-0.05, 0) is 24.6 Å². The van der Waals surface area contributed by atoms with E-state index in [-0.39, 0.29) is 0 Å². The van der Waals surface area contributed by atoms with E-state index >= 15 is 0 Å². The number of rotatable bonds is 0. The minimum Gasteiger partial charge on any atom is -0.292 e. The van der Waals surface area contributed by atoms with Gasteiger partial charge in [0.05, 0.1) is 11.4 Å². The summed E-state index contributed by atoms with van der Waals surface area (Å²) >= 11 is 3.52. The number of hydrazine groups is 2. The number of anilines is 2. The van der Waals surface area contributed by atoms with E-state index in [4.69, 9.17) is 0 Å². The van der Waals surface area contributed by atoms with E-state index in [0.29, 0.717) is 0 Å². The summed E-state index contributed by atoms with van der Waals surface area (Å²) in [4.78, 5) is 0. The van der Waals surface area contributed by atoms with Crippen LogP contribution in [0, 0.1) is 6.92 Å². The van der Waals surface area contributed by atoms with Crippen LogP contribution in [-0.4, -0.2) is 14.1 Å². The highest BCUT2D eigenvalue weighted by Crippen LogP contribution is 2.37. The lowest BCUT2D eigenvalue weighted by atomic mass is 10.1. The summed E-state index contributed by atoms with van der Waals surface area (Å²) in [6, 6.07) is 4.18. The van der Waals surface area contributed by atoms with Gasteiger partial charge < -0.3 is 0 Å². The molecule has 4 heteroatoms. The molecule has 0 radical (unpaired) electrons. The van der Waals surface area contributed by atoms with Gasteiger partial charge in [0.2, 0.25) is 0 Å². The van der Waals surface area contributed by atoms with Gasteiger partial charge in [-0.2, -0.15) is 0 Å². The molecule has 70 valence electrons. The molecule has 1 aromatic carbocycles. The molecule has 0 amide bonds. The Morgan fingerprint density at radius 2 is 1.92 bits per heavy atom. The van der Waals surface area contributed by atoms with E-state index < -0.39 is 0 Å². The van der Waals surface area contributed by atoms with Crippen molar-refractivity contribution in [2.45, 2.75) is 6.92 Å². The zero-order chi connectivity index (χ0) is 9.59. The lowest BCUT2D eigenvalue weighted by molar-refractivity contribution is 0.708. The molecule has 0 atom stereocenters. The first-order valence-electron chi connectivity index (χ1n) is 4.14.